The summed E-state index contributed by atoms with van der Waals surface area (Å²) in [5.41, 5.74) is 8.64. The molecule has 1 aliphatic heterocycles. The predicted molar refractivity (Wildman–Crippen MR) is 114 cm³/mol. The lowest BCUT2D eigenvalue weighted by molar-refractivity contribution is 0.587. The number of allylic oxidation sites excluding steroid dienone is 1. The number of aromatic nitrogens is 4. The average molecular weight is 409 g/mol. The molecule has 3 heterocycles. The summed E-state index contributed by atoms with van der Waals surface area (Å²) in [6, 6.07) is 8.84. The van der Waals surface area contributed by atoms with Crippen molar-refractivity contribution in [2.45, 2.75) is 6.54 Å². The first-order valence-electron chi connectivity index (χ1n) is 8.89. The summed E-state index contributed by atoms with van der Waals surface area (Å²) in [6.07, 6.45) is 5.04. The number of hydrogen-bond acceptors (Lipinski definition) is 7. The molecule has 0 atom stereocenters. The lowest BCUT2D eigenvalue weighted by atomic mass is 10.1. The largest absolute Gasteiger partial charge is 0.383 e. The van der Waals surface area contributed by atoms with Crippen LogP contribution in [0.5, 0.6) is 0 Å². The molecule has 0 amide bonds. The Hall–Kier alpha value is -3.53. The summed E-state index contributed by atoms with van der Waals surface area (Å²) in [5, 5.41) is 6.20. The maximum absolute atomic E-state index is 12.6. The molecule has 3 aromatic rings. The monoisotopic (exact) mass is 409 g/mol. The summed E-state index contributed by atoms with van der Waals surface area (Å²) in [7, 11) is -3.69. The van der Waals surface area contributed by atoms with E-state index in [9.17, 15) is 8.42 Å². The molecule has 1 aromatic carbocycles. The third-order valence-electron chi connectivity index (χ3n) is 4.56. The fraction of sp³-hybridized carbons (Fsp3) is 0.158. The van der Waals surface area contributed by atoms with Crippen LogP contribution in [0, 0.1) is 0 Å². The highest BCUT2D eigenvalue weighted by molar-refractivity contribution is 7.95. The van der Waals surface area contributed by atoms with Crippen LogP contribution >= 0.6 is 0 Å². The molecule has 0 bridgehead atoms. The van der Waals surface area contributed by atoms with Gasteiger partial charge in [-0.15, -0.1) is 0 Å². The van der Waals surface area contributed by atoms with Gasteiger partial charge in [-0.25, -0.2) is 23.1 Å². The normalized spacial score (nSPS) is 13.6. The molecule has 0 saturated carbocycles. The summed E-state index contributed by atoms with van der Waals surface area (Å²) < 4.78 is 28.0. The molecule has 2 aromatic heterocycles. The Labute approximate surface area is 168 Å². The van der Waals surface area contributed by atoms with Crippen molar-refractivity contribution in [3.63, 3.8) is 0 Å². The molecule has 29 heavy (non-hydrogen) atoms. The molecule has 0 fully saturated rings. The topological polar surface area (TPSA) is 119 Å². The van der Waals surface area contributed by atoms with Crippen molar-refractivity contribution < 1.29 is 8.42 Å². The molecule has 0 radical (unpaired) electrons. The zero-order valence-corrected chi connectivity index (χ0v) is 16.3. The minimum Gasteiger partial charge on any atom is -0.383 e. The molecular weight excluding hydrogens is 390 g/mol. The SMILES string of the molecule is C=CS(=O)(=O)N(CCn1nc(C2=CCN=C2)c2c(N)ncnc21)c1ccccc1. The Morgan fingerprint density at radius 3 is 2.72 bits per heavy atom. The molecule has 10 heteroatoms. The number of aliphatic imine (C=N–C) groups is 1. The van der Waals surface area contributed by atoms with Gasteiger partial charge in [-0.05, 0) is 12.1 Å². The maximum Gasteiger partial charge on any atom is 0.256 e. The smallest absolute Gasteiger partial charge is 0.256 e. The van der Waals surface area contributed by atoms with Crippen molar-refractivity contribution >= 4 is 44.3 Å². The summed E-state index contributed by atoms with van der Waals surface area (Å²) in [4.78, 5) is 12.6. The Morgan fingerprint density at radius 1 is 1.24 bits per heavy atom. The fourth-order valence-electron chi connectivity index (χ4n) is 3.17. The molecular formula is C19H19N7O2S. The van der Waals surface area contributed by atoms with Gasteiger partial charge in [0.2, 0.25) is 0 Å². The molecule has 0 spiro atoms. The van der Waals surface area contributed by atoms with E-state index in [1.807, 2.05) is 12.1 Å². The van der Waals surface area contributed by atoms with E-state index in [1.165, 1.54) is 10.6 Å². The van der Waals surface area contributed by atoms with Gasteiger partial charge in [0.15, 0.2) is 5.65 Å². The van der Waals surface area contributed by atoms with Crippen LogP contribution in [0.25, 0.3) is 16.6 Å². The zero-order chi connectivity index (χ0) is 20.4. The van der Waals surface area contributed by atoms with Gasteiger partial charge >= 0.3 is 0 Å². The highest BCUT2D eigenvalue weighted by Gasteiger charge is 2.22. The third-order valence-corrected chi connectivity index (χ3v) is 5.98. The van der Waals surface area contributed by atoms with Gasteiger partial charge < -0.3 is 5.73 Å². The third kappa shape index (κ3) is 3.49. The van der Waals surface area contributed by atoms with Crippen LogP contribution in [-0.4, -0.2) is 47.5 Å². The second kappa shape index (κ2) is 7.47. The Kier molecular flexibility index (Phi) is 4.85. The lowest BCUT2D eigenvalue weighted by Gasteiger charge is -2.22. The van der Waals surface area contributed by atoms with Crippen LogP contribution in [0.2, 0.25) is 0 Å². The number of nitrogens with zero attached hydrogens (tertiary/aromatic N) is 6. The quantitative estimate of drug-likeness (QED) is 0.636. The standard InChI is InChI=1S/C19H19N7O2S/c1-2-29(27,28)26(15-6-4-3-5-7-15)11-10-25-19-16(18(20)22-13-23-19)17(24-25)14-8-9-21-12-14/h2-8,12-13H,1,9-11H2,(H2,20,22,23). The van der Waals surface area contributed by atoms with Crippen LogP contribution < -0.4 is 10.0 Å². The molecule has 1 aliphatic rings. The van der Waals surface area contributed by atoms with Crippen molar-refractivity contribution in [3.05, 3.63) is 60.4 Å². The second-order valence-corrected chi connectivity index (χ2v) is 8.11. The number of anilines is 2. The van der Waals surface area contributed by atoms with E-state index in [1.54, 1.807) is 35.2 Å². The van der Waals surface area contributed by atoms with Gasteiger partial charge in [0, 0.05) is 17.2 Å². The molecule has 0 aliphatic carbocycles. The minimum atomic E-state index is -3.69. The van der Waals surface area contributed by atoms with Crippen LogP contribution in [0.3, 0.4) is 0 Å². The number of sulfonamides is 1. The van der Waals surface area contributed by atoms with E-state index in [-0.39, 0.29) is 13.1 Å². The minimum absolute atomic E-state index is 0.144. The maximum atomic E-state index is 12.6. The number of nitrogen functional groups attached to an aromatic ring is 1. The number of hydrogen-bond donors (Lipinski definition) is 1. The first kappa shape index (κ1) is 18.8. The van der Waals surface area contributed by atoms with Gasteiger partial charge in [-0.1, -0.05) is 30.9 Å². The molecule has 148 valence electrons. The summed E-state index contributed by atoms with van der Waals surface area (Å²) in [5.74, 6) is 0.316. The molecule has 0 saturated heterocycles. The van der Waals surface area contributed by atoms with Gasteiger partial charge in [0.1, 0.15) is 17.8 Å². The van der Waals surface area contributed by atoms with Crippen molar-refractivity contribution in [2.75, 3.05) is 23.1 Å². The van der Waals surface area contributed by atoms with Crippen LogP contribution in [-0.2, 0) is 16.6 Å². The molecule has 0 unspecified atom stereocenters. The van der Waals surface area contributed by atoms with Crippen LogP contribution in [0.15, 0.2) is 59.7 Å². The number of benzene rings is 1. The number of nitrogens with two attached hydrogens (primary N) is 1. The van der Waals surface area contributed by atoms with Crippen molar-refractivity contribution in [1.29, 1.82) is 0 Å². The summed E-state index contributed by atoms with van der Waals surface area (Å²) in [6.45, 7) is 4.43. The lowest BCUT2D eigenvalue weighted by Crippen LogP contribution is -2.32. The van der Waals surface area contributed by atoms with Gasteiger partial charge in [0.25, 0.3) is 10.0 Å². The Morgan fingerprint density at radius 2 is 2.03 bits per heavy atom. The van der Waals surface area contributed by atoms with Gasteiger partial charge in [-0.3, -0.25) is 9.30 Å². The van der Waals surface area contributed by atoms with Crippen LogP contribution in [0.4, 0.5) is 11.5 Å². The molecule has 2 N–H and O–H groups in total. The second-order valence-electron chi connectivity index (χ2n) is 6.30. The van der Waals surface area contributed by atoms with Gasteiger partial charge in [0.05, 0.1) is 30.7 Å². The number of para-hydroxylation sites is 1. The highest BCUT2D eigenvalue weighted by Crippen LogP contribution is 2.27. The highest BCUT2D eigenvalue weighted by atomic mass is 32.2. The van der Waals surface area contributed by atoms with Crippen LogP contribution in [0.1, 0.15) is 5.69 Å². The Bertz CT molecular complexity index is 1230. The van der Waals surface area contributed by atoms with E-state index < -0.39 is 10.0 Å². The average Bonchev–Trinajstić information content (AvgIpc) is 3.38. The van der Waals surface area contributed by atoms with Crippen molar-refractivity contribution in [1.82, 2.24) is 19.7 Å². The molecule has 4 rings (SSSR count). The fourth-order valence-corrected chi connectivity index (χ4v) is 4.11. The Balaban J connectivity index is 1.73. The van der Waals surface area contributed by atoms with E-state index in [4.69, 9.17) is 5.73 Å². The zero-order valence-electron chi connectivity index (χ0n) is 15.5. The predicted octanol–water partition coefficient (Wildman–Crippen LogP) is 1.86. The first-order valence-corrected chi connectivity index (χ1v) is 10.4. The van der Waals surface area contributed by atoms with E-state index >= 15 is 0 Å². The van der Waals surface area contributed by atoms with E-state index in [0.717, 1.165) is 11.0 Å². The summed E-state index contributed by atoms with van der Waals surface area (Å²) >= 11 is 0. The van der Waals surface area contributed by atoms with E-state index in [2.05, 4.69) is 26.6 Å². The molecule has 9 nitrogen and oxygen atoms in total. The first-order chi connectivity index (χ1) is 14.0. The van der Waals surface area contributed by atoms with Crippen molar-refractivity contribution in [3.8, 4) is 0 Å². The van der Waals surface area contributed by atoms with Crippen molar-refractivity contribution in [2.24, 2.45) is 4.99 Å². The van der Waals surface area contributed by atoms with E-state index in [0.29, 0.717) is 34.8 Å². The van der Waals surface area contributed by atoms with Gasteiger partial charge in [-0.2, -0.15) is 5.10 Å². The number of fused-ring (bicyclic) bond motifs is 1. The number of rotatable bonds is 7.